The van der Waals surface area contributed by atoms with E-state index in [2.05, 4.69) is 5.32 Å². The molecule has 0 radical (unpaired) electrons. The monoisotopic (exact) mass is 443 g/mol. The lowest BCUT2D eigenvalue weighted by Crippen LogP contribution is -2.40. The molecule has 0 fully saturated rings. The molecular weight excluding hydrogens is 422 g/mol. The van der Waals surface area contributed by atoms with Gasteiger partial charge in [-0.2, -0.15) is 0 Å². The number of non-ortho nitro benzene ring substituents is 1. The van der Waals surface area contributed by atoms with Gasteiger partial charge >= 0.3 is 0 Å². The number of hydrogen-bond donors (Lipinski definition) is 1. The molecule has 1 aliphatic rings. The summed E-state index contributed by atoms with van der Waals surface area (Å²) in [6.07, 6.45) is 3.60. The van der Waals surface area contributed by atoms with E-state index in [-0.39, 0.29) is 24.1 Å². The number of anilines is 2. The van der Waals surface area contributed by atoms with Crippen LogP contribution in [0.2, 0.25) is 0 Å². The van der Waals surface area contributed by atoms with Gasteiger partial charge in [-0.1, -0.05) is 30.3 Å². The van der Waals surface area contributed by atoms with Crippen LogP contribution in [0, 0.1) is 10.1 Å². The fraction of sp³-hybridized carbons (Fsp3) is 0.120. The van der Waals surface area contributed by atoms with Crippen LogP contribution in [0.4, 0.5) is 17.1 Å². The van der Waals surface area contributed by atoms with Gasteiger partial charge in [-0.05, 0) is 54.0 Å². The number of nitrogens with one attached hydrogen (secondary N) is 1. The van der Waals surface area contributed by atoms with Gasteiger partial charge in [-0.15, -0.1) is 0 Å². The second kappa shape index (κ2) is 9.78. The zero-order valence-corrected chi connectivity index (χ0v) is 17.6. The number of carbonyl (C=O) groups excluding carboxylic acids is 2. The molecule has 4 rings (SSSR count). The quantitative estimate of drug-likeness (QED) is 0.335. The van der Waals surface area contributed by atoms with Crippen molar-refractivity contribution in [1.29, 1.82) is 0 Å². The fourth-order valence-corrected chi connectivity index (χ4v) is 3.47. The normalized spacial score (nSPS) is 12.8. The van der Waals surface area contributed by atoms with Crippen LogP contribution in [0.15, 0.2) is 78.9 Å². The lowest BCUT2D eigenvalue weighted by Gasteiger charge is -2.30. The van der Waals surface area contributed by atoms with Gasteiger partial charge in [0.15, 0.2) is 6.61 Å². The van der Waals surface area contributed by atoms with Crippen LogP contribution in [0.3, 0.4) is 0 Å². The van der Waals surface area contributed by atoms with Crippen molar-refractivity contribution >= 4 is 35.0 Å². The van der Waals surface area contributed by atoms with Crippen LogP contribution in [0.25, 0.3) is 6.08 Å². The molecule has 0 unspecified atom stereocenters. The van der Waals surface area contributed by atoms with E-state index in [9.17, 15) is 19.7 Å². The topological polar surface area (TPSA) is 102 Å². The van der Waals surface area contributed by atoms with E-state index in [1.54, 1.807) is 41.3 Å². The van der Waals surface area contributed by atoms with Crippen LogP contribution < -0.4 is 15.0 Å². The minimum Gasteiger partial charge on any atom is -0.482 e. The van der Waals surface area contributed by atoms with Crippen molar-refractivity contribution in [3.63, 3.8) is 0 Å². The van der Waals surface area contributed by atoms with Crippen LogP contribution in [-0.2, 0) is 16.0 Å². The van der Waals surface area contributed by atoms with E-state index < -0.39 is 4.92 Å². The molecule has 0 bridgehead atoms. The number of nitro benzene ring substituents is 1. The Hall–Kier alpha value is -4.46. The predicted octanol–water partition coefficient (Wildman–Crippen LogP) is 4.21. The lowest BCUT2D eigenvalue weighted by atomic mass is 10.1. The van der Waals surface area contributed by atoms with Crippen LogP contribution in [0.1, 0.15) is 11.1 Å². The average molecular weight is 443 g/mol. The first kappa shape index (κ1) is 21.8. The molecule has 33 heavy (non-hydrogen) atoms. The van der Waals surface area contributed by atoms with E-state index in [0.717, 1.165) is 5.56 Å². The number of nitro groups is 1. The van der Waals surface area contributed by atoms with Gasteiger partial charge in [0.1, 0.15) is 5.75 Å². The van der Waals surface area contributed by atoms with Gasteiger partial charge in [0, 0.05) is 30.4 Å². The van der Waals surface area contributed by atoms with Crippen molar-refractivity contribution in [3.05, 3.63) is 100 Å². The Balaban J connectivity index is 1.44. The molecule has 166 valence electrons. The van der Waals surface area contributed by atoms with Crippen LogP contribution >= 0.6 is 0 Å². The van der Waals surface area contributed by atoms with Gasteiger partial charge < -0.3 is 15.0 Å². The fourth-order valence-electron chi connectivity index (χ4n) is 3.47. The Labute approximate surface area is 190 Å². The summed E-state index contributed by atoms with van der Waals surface area (Å²) in [5.74, 6) is 0.0780. The number of fused-ring (bicyclic) bond motifs is 1. The second-order valence-corrected chi connectivity index (χ2v) is 7.42. The second-order valence-electron chi connectivity index (χ2n) is 7.42. The number of ether oxygens (including phenoxy) is 1. The van der Waals surface area contributed by atoms with E-state index in [1.807, 2.05) is 30.3 Å². The van der Waals surface area contributed by atoms with E-state index in [1.165, 1.54) is 18.2 Å². The first-order chi connectivity index (χ1) is 16.0. The third-order valence-electron chi connectivity index (χ3n) is 5.17. The van der Waals surface area contributed by atoms with Crippen molar-refractivity contribution in [2.24, 2.45) is 0 Å². The van der Waals surface area contributed by atoms with Crippen molar-refractivity contribution in [2.75, 3.05) is 23.4 Å². The van der Waals surface area contributed by atoms with Gasteiger partial charge in [-0.25, -0.2) is 0 Å². The van der Waals surface area contributed by atoms with Gasteiger partial charge in [0.2, 0.25) is 5.91 Å². The molecule has 0 aliphatic carbocycles. The summed E-state index contributed by atoms with van der Waals surface area (Å²) >= 11 is 0. The number of benzene rings is 3. The third kappa shape index (κ3) is 5.43. The van der Waals surface area contributed by atoms with Crippen LogP contribution in [0.5, 0.6) is 5.75 Å². The van der Waals surface area contributed by atoms with Crippen LogP contribution in [-0.4, -0.2) is 29.9 Å². The first-order valence-corrected chi connectivity index (χ1v) is 10.3. The Kier molecular flexibility index (Phi) is 6.45. The zero-order valence-electron chi connectivity index (χ0n) is 17.6. The molecule has 3 aromatic carbocycles. The Morgan fingerprint density at radius 3 is 2.58 bits per heavy atom. The first-order valence-electron chi connectivity index (χ1n) is 10.3. The lowest BCUT2D eigenvalue weighted by molar-refractivity contribution is -0.384. The molecular formula is C25H21N3O5. The minimum atomic E-state index is -0.478. The molecule has 0 saturated carbocycles. The van der Waals surface area contributed by atoms with E-state index >= 15 is 0 Å². The Bertz CT molecular complexity index is 1210. The Morgan fingerprint density at radius 1 is 1.09 bits per heavy atom. The highest BCUT2D eigenvalue weighted by atomic mass is 16.6. The molecule has 0 saturated heterocycles. The van der Waals surface area contributed by atoms with Crippen molar-refractivity contribution in [3.8, 4) is 5.75 Å². The molecule has 0 aromatic heterocycles. The number of nitrogens with zero attached hydrogens (tertiary/aromatic N) is 2. The maximum absolute atomic E-state index is 12.5. The zero-order chi connectivity index (χ0) is 23.2. The van der Waals surface area contributed by atoms with Crippen molar-refractivity contribution in [1.82, 2.24) is 0 Å². The maximum Gasteiger partial charge on any atom is 0.269 e. The summed E-state index contributed by atoms with van der Waals surface area (Å²) in [6, 6.07) is 20.9. The SMILES string of the molecule is O=C(/C=C/c1ccc([N+](=O)[O-])cc1)Nc1ccc2c(c1)N(CCc1ccccc1)C(=O)CO2. The molecule has 0 atom stereocenters. The number of hydrogen-bond acceptors (Lipinski definition) is 5. The maximum atomic E-state index is 12.5. The molecule has 0 spiro atoms. The molecule has 1 aliphatic heterocycles. The predicted molar refractivity (Wildman–Crippen MR) is 125 cm³/mol. The summed E-state index contributed by atoms with van der Waals surface area (Å²) in [5, 5.41) is 13.5. The van der Waals surface area contributed by atoms with Gasteiger partial charge in [0.05, 0.1) is 10.6 Å². The molecule has 1 N–H and O–H groups in total. The molecule has 1 heterocycles. The number of amides is 2. The molecule has 8 heteroatoms. The van der Waals surface area contributed by atoms with Crippen molar-refractivity contribution in [2.45, 2.75) is 6.42 Å². The molecule has 2 amide bonds. The van der Waals surface area contributed by atoms with E-state index in [4.69, 9.17) is 4.74 Å². The molecule has 3 aromatic rings. The Morgan fingerprint density at radius 2 is 1.85 bits per heavy atom. The van der Waals surface area contributed by atoms with Gasteiger partial charge in [-0.3, -0.25) is 19.7 Å². The standard InChI is InChI=1S/C25H21N3O5/c29-24(13-8-19-6-10-21(11-7-19)28(31)32)26-20-9-12-23-22(16-20)27(25(30)17-33-23)15-14-18-4-2-1-3-5-18/h1-13,16H,14-15,17H2,(H,26,29)/b13-8+. The average Bonchev–Trinajstić information content (AvgIpc) is 2.83. The summed E-state index contributed by atoms with van der Waals surface area (Å²) in [5.41, 5.74) is 2.90. The summed E-state index contributed by atoms with van der Waals surface area (Å²) in [4.78, 5) is 36.8. The summed E-state index contributed by atoms with van der Waals surface area (Å²) in [6.45, 7) is 0.474. The highest BCUT2D eigenvalue weighted by Crippen LogP contribution is 2.34. The number of carbonyl (C=O) groups is 2. The summed E-state index contributed by atoms with van der Waals surface area (Å²) < 4.78 is 5.54. The minimum absolute atomic E-state index is 0.0146. The van der Waals surface area contributed by atoms with E-state index in [0.29, 0.717) is 35.7 Å². The largest absolute Gasteiger partial charge is 0.482 e. The number of rotatable bonds is 7. The smallest absolute Gasteiger partial charge is 0.269 e. The molecule has 8 nitrogen and oxygen atoms in total. The van der Waals surface area contributed by atoms with Crippen molar-refractivity contribution < 1.29 is 19.2 Å². The summed E-state index contributed by atoms with van der Waals surface area (Å²) in [7, 11) is 0. The third-order valence-corrected chi connectivity index (χ3v) is 5.17. The van der Waals surface area contributed by atoms with Gasteiger partial charge in [0.25, 0.3) is 11.6 Å². The highest BCUT2D eigenvalue weighted by molar-refractivity contribution is 6.03. The highest BCUT2D eigenvalue weighted by Gasteiger charge is 2.25.